The van der Waals surface area contributed by atoms with E-state index in [-0.39, 0.29) is 11.2 Å². The number of amides is 1. The summed E-state index contributed by atoms with van der Waals surface area (Å²) in [7, 11) is 0. The fraction of sp³-hybridized carbons (Fsp3) is 0.269. The lowest BCUT2D eigenvalue weighted by atomic mass is 9.96. The molecule has 3 N–H and O–H groups in total. The molecule has 34 heavy (non-hydrogen) atoms. The highest BCUT2D eigenvalue weighted by Gasteiger charge is 2.24. The number of thiophene rings is 1. The van der Waals surface area contributed by atoms with Crippen molar-refractivity contribution in [3.8, 4) is 6.07 Å². The average Bonchev–Trinajstić information content (AvgIpc) is 3.20. The van der Waals surface area contributed by atoms with Gasteiger partial charge in [0, 0.05) is 21.1 Å². The highest BCUT2D eigenvalue weighted by atomic mass is 32.2. The molecule has 1 atom stereocenters. The number of carbonyl (C=O) groups is 1. The third-order valence-electron chi connectivity index (χ3n) is 5.58. The Hall–Kier alpha value is -2.86. The van der Waals surface area contributed by atoms with E-state index in [1.165, 1.54) is 16.6 Å². The van der Waals surface area contributed by atoms with Crippen molar-refractivity contribution >= 4 is 62.7 Å². The molecule has 0 saturated carbocycles. The SMILES string of the molecule is CCC(Sc1cccc(NC(=S)Nc2ccccc2)c1)C(=O)Nc1sc2c(c1C#N)CCCC2. The molecule has 0 bridgehead atoms. The molecule has 1 unspecified atom stereocenters. The zero-order valence-electron chi connectivity index (χ0n) is 18.9. The smallest absolute Gasteiger partial charge is 0.238 e. The number of rotatable bonds is 7. The van der Waals surface area contributed by atoms with Gasteiger partial charge in [-0.25, -0.2) is 0 Å². The Morgan fingerprint density at radius 2 is 1.82 bits per heavy atom. The molecule has 0 radical (unpaired) electrons. The first-order valence-electron chi connectivity index (χ1n) is 11.3. The van der Waals surface area contributed by atoms with Crippen molar-refractivity contribution in [3.63, 3.8) is 0 Å². The second-order valence-electron chi connectivity index (χ2n) is 8.00. The van der Waals surface area contributed by atoms with Gasteiger partial charge in [-0.05, 0) is 80.2 Å². The van der Waals surface area contributed by atoms with Crippen molar-refractivity contribution in [2.75, 3.05) is 16.0 Å². The van der Waals surface area contributed by atoms with Crippen molar-refractivity contribution in [1.29, 1.82) is 5.26 Å². The van der Waals surface area contributed by atoms with E-state index in [4.69, 9.17) is 12.2 Å². The number of thioether (sulfide) groups is 1. The number of hydrogen-bond donors (Lipinski definition) is 3. The van der Waals surface area contributed by atoms with Gasteiger partial charge in [-0.2, -0.15) is 5.26 Å². The highest BCUT2D eigenvalue weighted by molar-refractivity contribution is 8.00. The number of nitrogens with one attached hydrogen (secondary N) is 3. The van der Waals surface area contributed by atoms with Crippen LogP contribution >= 0.6 is 35.3 Å². The molecule has 1 aliphatic rings. The Labute approximate surface area is 214 Å². The van der Waals surface area contributed by atoms with Crippen LogP contribution in [0, 0.1) is 11.3 Å². The third kappa shape index (κ3) is 5.98. The van der Waals surface area contributed by atoms with Gasteiger partial charge in [-0.15, -0.1) is 23.1 Å². The Morgan fingerprint density at radius 1 is 1.09 bits per heavy atom. The average molecular weight is 507 g/mol. The summed E-state index contributed by atoms with van der Waals surface area (Å²) in [5, 5.41) is 20.0. The number of anilines is 3. The van der Waals surface area contributed by atoms with Crippen LogP contribution in [-0.4, -0.2) is 16.3 Å². The predicted molar refractivity (Wildman–Crippen MR) is 147 cm³/mol. The lowest BCUT2D eigenvalue weighted by molar-refractivity contribution is -0.115. The molecule has 4 rings (SSSR count). The monoisotopic (exact) mass is 506 g/mol. The number of nitrogens with zero attached hydrogens (tertiary/aromatic N) is 1. The van der Waals surface area contributed by atoms with Crippen molar-refractivity contribution < 1.29 is 4.79 Å². The number of benzene rings is 2. The van der Waals surface area contributed by atoms with Crippen LogP contribution in [0.25, 0.3) is 0 Å². The summed E-state index contributed by atoms with van der Waals surface area (Å²) in [6.07, 6.45) is 4.85. The number of hydrogen-bond acceptors (Lipinski definition) is 5. The summed E-state index contributed by atoms with van der Waals surface area (Å²) in [6, 6.07) is 19.9. The van der Waals surface area contributed by atoms with Crippen LogP contribution in [0.3, 0.4) is 0 Å². The quantitative estimate of drug-likeness (QED) is 0.241. The minimum atomic E-state index is -0.268. The molecule has 1 aliphatic carbocycles. The van der Waals surface area contributed by atoms with E-state index in [0.717, 1.165) is 47.5 Å². The fourth-order valence-corrected chi connectivity index (χ4v) is 6.40. The normalized spacial score (nSPS) is 13.3. The van der Waals surface area contributed by atoms with Gasteiger partial charge in [0.15, 0.2) is 5.11 Å². The van der Waals surface area contributed by atoms with Gasteiger partial charge in [-0.3, -0.25) is 4.79 Å². The standard InChI is InChI=1S/C26H26N4OS3/c1-2-22(24(31)30-25-21(16-27)20-13-6-7-14-23(20)34-25)33-19-12-8-11-18(15-19)29-26(32)28-17-9-4-3-5-10-17/h3-5,8-12,15,22H,2,6-7,13-14H2,1H3,(H,30,31)(H2,28,29,32). The highest BCUT2D eigenvalue weighted by Crippen LogP contribution is 2.38. The maximum atomic E-state index is 13.1. The van der Waals surface area contributed by atoms with Crippen LogP contribution in [0.5, 0.6) is 0 Å². The summed E-state index contributed by atoms with van der Waals surface area (Å²) in [6.45, 7) is 2.00. The lowest BCUT2D eigenvalue weighted by Gasteiger charge is -2.16. The first-order valence-corrected chi connectivity index (χ1v) is 13.4. The molecule has 5 nitrogen and oxygen atoms in total. The first kappa shape index (κ1) is 24.3. The number of para-hydroxylation sites is 1. The van der Waals surface area contributed by atoms with Crippen LogP contribution in [0.15, 0.2) is 59.5 Å². The Balaban J connectivity index is 1.40. The summed E-state index contributed by atoms with van der Waals surface area (Å²) in [5.74, 6) is -0.0674. The van der Waals surface area contributed by atoms with Crippen molar-refractivity contribution in [3.05, 3.63) is 70.6 Å². The lowest BCUT2D eigenvalue weighted by Crippen LogP contribution is -2.24. The van der Waals surface area contributed by atoms with E-state index >= 15 is 0 Å². The van der Waals surface area contributed by atoms with Crippen LogP contribution < -0.4 is 16.0 Å². The number of carbonyl (C=O) groups excluding carboxylic acids is 1. The van der Waals surface area contributed by atoms with Gasteiger partial charge < -0.3 is 16.0 Å². The Bertz CT molecular complexity index is 1220. The van der Waals surface area contributed by atoms with E-state index < -0.39 is 0 Å². The first-order chi connectivity index (χ1) is 16.6. The van der Waals surface area contributed by atoms with Crippen LogP contribution in [0.4, 0.5) is 16.4 Å². The summed E-state index contributed by atoms with van der Waals surface area (Å²) >= 11 is 8.51. The van der Waals surface area contributed by atoms with Crippen molar-refractivity contribution in [2.24, 2.45) is 0 Å². The third-order valence-corrected chi connectivity index (χ3v) is 8.35. The molecule has 0 aliphatic heterocycles. The van der Waals surface area contributed by atoms with Crippen molar-refractivity contribution in [2.45, 2.75) is 49.2 Å². The number of thiocarbonyl (C=S) groups is 1. The molecule has 0 fully saturated rings. The zero-order chi connectivity index (χ0) is 23.9. The zero-order valence-corrected chi connectivity index (χ0v) is 21.3. The molecule has 1 amide bonds. The van der Waals surface area contributed by atoms with Gasteiger partial charge >= 0.3 is 0 Å². The predicted octanol–water partition coefficient (Wildman–Crippen LogP) is 6.82. The number of fused-ring (bicyclic) bond motifs is 1. The maximum Gasteiger partial charge on any atom is 0.238 e. The molecule has 3 aromatic rings. The van der Waals surface area contributed by atoms with E-state index in [1.807, 2.05) is 61.5 Å². The minimum Gasteiger partial charge on any atom is -0.332 e. The van der Waals surface area contributed by atoms with Crippen LogP contribution in [0.2, 0.25) is 0 Å². The van der Waals surface area contributed by atoms with Crippen LogP contribution in [-0.2, 0) is 17.6 Å². The Morgan fingerprint density at radius 3 is 2.59 bits per heavy atom. The van der Waals surface area contributed by atoms with Gasteiger partial charge in [0.2, 0.25) is 5.91 Å². The summed E-state index contributed by atoms with van der Waals surface area (Å²) in [4.78, 5) is 15.3. The van der Waals surface area contributed by atoms with Gasteiger partial charge in [0.25, 0.3) is 0 Å². The molecule has 1 heterocycles. The van der Waals surface area contributed by atoms with Gasteiger partial charge in [0.05, 0.1) is 10.8 Å². The molecule has 2 aromatic carbocycles. The molecule has 174 valence electrons. The molecule has 1 aromatic heterocycles. The van der Waals surface area contributed by atoms with E-state index in [2.05, 4.69) is 22.0 Å². The largest absolute Gasteiger partial charge is 0.332 e. The molecule has 0 spiro atoms. The summed E-state index contributed by atoms with van der Waals surface area (Å²) < 4.78 is 0. The second-order valence-corrected chi connectivity index (χ2v) is 10.8. The molecule has 8 heteroatoms. The number of nitriles is 1. The Kier molecular flexibility index (Phi) is 8.22. The van der Waals surface area contributed by atoms with E-state index in [0.29, 0.717) is 22.1 Å². The van der Waals surface area contributed by atoms with Gasteiger partial charge in [-0.1, -0.05) is 31.2 Å². The second kappa shape index (κ2) is 11.5. The van der Waals surface area contributed by atoms with Gasteiger partial charge in [0.1, 0.15) is 11.1 Å². The summed E-state index contributed by atoms with van der Waals surface area (Å²) in [5.41, 5.74) is 3.55. The topological polar surface area (TPSA) is 76.9 Å². The minimum absolute atomic E-state index is 0.0674. The molecule has 0 saturated heterocycles. The molecular formula is C26H26N4OS3. The van der Waals surface area contributed by atoms with E-state index in [9.17, 15) is 10.1 Å². The number of aryl methyl sites for hydroxylation is 1. The van der Waals surface area contributed by atoms with Crippen molar-refractivity contribution in [1.82, 2.24) is 0 Å². The maximum absolute atomic E-state index is 13.1. The molecular weight excluding hydrogens is 481 g/mol. The van der Waals surface area contributed by atoms with Crippen LogP contribution in [0.1, 0.15) is 42.2 Å². The fourth-order valence-electron chi connectivity index (χ4n) is 3.91. The van der Waals surface area contributed by atoms with E-state index in [1.54, 1.807) is 11.3 Å².